The first kappa shape index (κ1) is 12.2. The van der Waals surface area contributed by atoms with Gasteiger partial charge in [0.2, 0.25) is 5.91 Å². The Balaban J connectivity index is 1.86. The van der Waals surface area contributed by atoms with Crippen molar-refractivity contribution in [2.45, 2.75) is 25.8 Å². The Bertz CT molecular complexity index is 569. The third kappa shape index (κ3) is 2.11. The molecule has 0 saturated heterocycles. The summed E-state index contributed by atoms with van der Waals surface area (Å²) in [4.78, 5) is 13.9. The lowest BCUT2D eigenvalue weighted by Gasteiger charge is -2.20. The molecule has 0 bridgehead atoms. The van der Waals surface area contributed by atoms with Crippen LogP contribution in [0.2, 0.25) is 0 Å². The smallest absolute Gasteiger partial charge is 0.231 e. The minimum Gasteiger partial charge on any atom is -0.316 e. The van der Waals surface area contributed by atoms with Crippen molar-refractivity contribution in [2.75, 3.05) is 18.5 Å². The average Bonchev–Trinajstić information content (AvgIpc) is 3.11. The molecule has 4 heteroatoms. The van der Waals surface area contributed by atoms with Gasteiger partial charge >= 0.3 is 0 Å². The summed E-state index contributed by atoms with van der Waals surface area (Å²) >= 11 is 0. The Labute approximate surface area is 113 Å². The van der Waals surface area contributed by atoms with Gasteiger partial charge in [-0.2, -0.15) is 5.26 Å². The predicted molar refractivity (Wildman–Crippen MR) is 72.5 cm³/mol. The Morgan fingerprint density at radius 1 is 1.47 bits per heavy atom. The molecule has 1 aliphatic heterocycles. The number of rotatable bonds is 4. The van der Waals surface area contributed by atoms with Gasteiger partial charge in [-0.3, -0.25) is 4.79 Å². The maximum absolute atomic E-state index is 12.1. The lowest BCUT2D eigenvalue weighted by atomic mass is 10.1. The fourth-order valence-electron chi connectivity index (χ4n) is 2.68. The van der Waals surface area contributed by atoms with Gasteiger partial charge in [0.1, 0.15) is 0 Å². The number of nitriles is 1. The lowest BCUT2D eigenvalue weighted by molar-refractivity contribution is -0.117. The molecule has 1 aromatic rings. The van der Waals surface area contributed by atoms with Crippen molar-refractivity contribution in [1.29, 1.82) is 5.26 Å². The molecule has 0 unspecified atom stereocenters. The summed E-state index contributed by atoms with van der Waals surface area (Å²) in [6.45, 7) is 1.37. The minimum absolute atomic E-state index is 0.123. The van der Waals surface area contributed by atoms with Crippen LogP contribution in [0.15, 0.2) is 18.2 Å². The zero-order chi connectivity index (χ0) is 13.5. The van der Waals surface area contributed by atoms with Gasteiger partial charge in [-0.25, -0.2) is 0 Å². The van der Waals surface area contributed by atoms with E-state index in [0.29, 0.717) is 13.0 Å². The highest BCUT2D eigenvalue weighted by atomic mass is 16.2. The molecule has 1 aromatic carbocycles. The van der Waals surface area contributed by atoms with Crippen molar-refractivity contribution >= 4 is 11.6 Å². The maximum atomic E-state index is 12.1. The topological polar surface area (TPSA) is 56.1 Å². The largest absolute Gasteiger partial charge is 0.316 e. The minimum atomic E-state index is -0.277. The van der Waals surface area contributed by atoms with Crippen molar-refractivity contribution in [3.63, 3.8) is 0 Å². The van der Waals surface area contributed by atoms with Gasteiger partial charge in [0.05, 0.1) is 17.9 Å². The van der Waals surface area contributed by atoms with Crippen molar-refractivity contribution in [3.8, 4) is 6.07 Å². The zero-order valence-electron chi connectivity index (χ0n) is 11.1. The number of hydrogen-bond acceptors (Lipinski definition) is 3. The van der Waals surface area contributed by atoms with E-state index in [1.54, 1.807) is 4.90 Å². The third-order valence-corrected chi connectivity index (χ3v) is 4.01. The molecule has 1 saturated carbocycles. The number of hydrogen-bond donors (Lipinski definition) is 1. The highest BCUT2D eigenvalue weighted by molar-refractivity contribution is 6.01. The SMILES string of the molecule is CNCc1ccc2c(c1)CC(=O)N2CC1(C#N)CC1. The molecule has 0 radical (unpaired) electrons. The van der Waals surface area contributed by atoms with Crippen molar-refractivity contribution in [1.82, 2.24) is 5.32 Å². The van der Waals surface area contributed by atoms with Crippen molar-refractivity contribution < 1.29 is 4.79 Å². The number of nitrogens with one attached hydrogen (secondary N) is 1. The van der Waals surface area contributed by atoms with E-state index in [-0.39, 0.29) is 11.3 Å². The van der Waals surface area contributed by atoms with E-state index in [9.17, 15) is 4.79 Å². The summed E-state index contributed by atoms with van der Waals surface area (Å²) in [7, 11) is 1.91. The highest BCUT2D eigenvalue weighted by Crippen LogP contribution is 2.47. The molecule has 0 aromatic heterocycles. The Morgan fingerprint density at radius 2 is 2.26 bits per heavy atom. The second kappa shape index (κ2) is 4.36. The molecular formula is C15H17N3O. The molecule has 1 aliphatic carbocycles. The van der Waals surface area contributed by atoms with Crippen LogP contribution in [-0.2, 0) is 17.8 Å². The lowest BCUT2D eigenvalue weighted by Crippen LogP contribution is -2.32. The molecule has 1 amide bonds. The summed E-state index contributed by atoms with van der Waals surface area (Å²) in [5, 5.41) is 12.3. The van der Waals surface area contributed by atoms with E-state index in [0.717, 1.165) is 30.6 Å². The summed E-state index contributed by atoms with van der Waals surface area (Å²) in [6.07, 6.45) is 2.30. The standard InChI is InChI=1S/C15H17N3O/c1-17-8-11-2-3-13-12(6-11)7-14(19)18(13)10-15(9-16)4-5-15/h2-3,6,17H,4-5,7-8,10H2,1H3. The molecular weight excluding hydrogens is 238 g/mol. The van der Waals surface area contributed by atoms with Gasteiger partial charge in [-0.15, -0.1) is 0 Å². The first-order valence-electron chi connectivity index (χ1n) is 6.65. The molecule has 2 aliphatic rings. The number of anilines is 1. The molecule has 0 atom stereocenters. The Morgan fingerprint density at radius 3 is 2.89 bits per heavy atom. The zero-order valence-corrected chi connectivity index (χ0v) is 11.1. The normalized spacial score (nSPS) is 19.2. The van der Waals surface area contributed by atoms with E-state index < -0.39 is 0 Å². The molecule has 1 fully saturated rings. The van der Waals surface area contributed by atoms with Crippen molar-refractivity contribution in [3.05, 3.63) is 29.3 Å². The number of benzene rings is 1. The quantitative estimate of drug-likeness (QED) is 0.889. The van der Waals surface area contributed by atoms with Crippen molar-refractivity contribution in [2.24, 2.45) is 5.41 Å². The summed E-state index contributed by atoms with van der Waals surface area (Å²) in [5.41, 5.74) is 3.00. The molecule has 4 nitrogen and oxygen atoms in total. The predicted octanol–water partition coefficient (Wildman–Crippen LogP) is 1.60. The van der Waals surface area contributed by atoms with Gasteiger partial charge in [-0.1, -0.05) is 12.1 Å². The number of nitrogens with zero attached hydrogens (tertiary/aromatic N) is 2. The van der Waals surface area contributed by atoms with Gasteiger partial charge in [-0.05, 0) is 37.1 Å². The second-order valence-corrected chi connectivity index (χ2v) is 5.54. The van der Waals surface area contributed by atoms with E-state index in [2.05, 4.69) is 17.5 Å². The number of amides is 1. The number of fused-ring (bicyclic) bond motifs is 1. The van der Waals surface area contributed by atoms with Crippen LogP contribution < -0.4 is 10.2 Å². The fraction of sp³-hybridized carbons (Fsp3) is 0.467. The third-order valence-electron chi connectivity index (χ3n) is 4.01. The Hall–Kier alpha value is -1.86. The van der Waals surface area contributed by atoms with E-state index in [4.69, 9.17) is 5.26 Å². The first-order valence-corrected chi connectivity index (χ1v) is 6.65. The van der Waals surface area contributed by atoms with Crippen LogP contribution in [0, 0.1) is 16.7 Å². The molecule has 0 spiro atoms. The van der Waals surface area contributed by atoms with Crippen LogP contribution >= 0.6 is 0 Å². The maximum Gasteiger partial charge on any atom is 0.231 e. The van der Waals surface area contributed by atoms with Gasteiger partial charge in [0.15, 0.2) is 0 Å². The fourth-order valence-corrected chi connectivity index (χ4v) is 2.68. The summed E-state index contributed by atoms with van der Waals surface area (Å²) in [5.74, 6) is 0.123. The van der Waals surface area contributed by atoms with Crippen LogP contribution in [0.1, 0.15) is 24.0 Å². The second-order valence-electron chi connectivity index (χ2n) is 5.54. The van der Waals surface area contributed by atoms with Crippen LogP contribution in [0.3, 0.4) is 0 Å². The van der Waals surface area contributed by atoms with Gasteiger partial charge in [0, 0.05) is 18.8 Å². The van der Waals surface area contributed by atoms with E-state index >= 15 is 0 Å². The van der Waals surface area contributed by atoms with E-state index in [1.165, 1.54) is 5.56 Å². The Kier molecular flexibility index (Phi) is 2.79. The molecule has 1 N–H and O–H groups in total. The monoisotopic (exact) mass is 255 g/mol. The van der Waals surface area contributed by atoms with Crippen LogP contribution in [0.5, 0.6) is 0 Å². The average molecular weight is 255 g/mol. The van der Waals surface area contributed by atoms with Crippen LogP contribution in [0.25, 0.3) is 0 Å². The highest BCUT2D eigenvalue weighted by Gasteiger charge is 2.46. The molecule has 1 heterocycles. The van der Waals surface area contributed by atoms with E-state index in [1.807, 2.05) is 19.2 Å². The van der Waals surface area contributed by atoms with Gasteiger partial charge < -0.3 is 10.2 Å². The molecule has 3 rings (SSSR count). The van der Waals surface area contributed by atoms with Crippen LogP contribution in [-0.4, -0.2) is 19.5 Å². The number of carbonyl (C=O) groups is 1. The van der Waals surface area contributed by atoms with Gasteiger partial charge in [0.25, 0.3) is 0 Å². The molecule has 19 heavy (non-hydrogen) atoms. The summed E-state index contributed by atoms with van der Waals surface area (Å²) in [6, 6.07) is 8.51. The van der Waals surface area contributed by atoms with Crippen LogP contribution in [0.4, 0.5) is 5.69 Å². The first-order chi connectivity index (χ1) is 9.17. The summed E-state index contributed by atoms with van der Waals surface area (Å²) < 4.78 is 0. The number of carbonyl (C=O) groups excluding carboxylic acids is 1. The molecule has 98 valence electrons.